The van der Waals surface area contributed by atoms with Crippen molar-refractivity contribution in [3.63, 3.8) is 0 Å². The van der Waals surface area contributed by atoms with Gasteiger partial charge in [-0.15, -0.1) is 5.10 Å². The smallest absolute Gasteiger partial charge is 0.318 e. The summed E-state index contributed by atoms with van der Waals surface area (Å²) >= 11 is 0. The summed E-state index contributed by atoms with van der Waals surface area (Å²) < 4.78 is 5.36. The largest absolute Gasteiger partial charge is 0.407 e. The Kier molecular flexibility index (Phi) is 3.10. The fourth-order valence-corrected chi connectivity index (χ4v) is 0.959. The normalized spacial score (nSPS) is 11.8. The minimum absolute atomic E-state index is 0.0123. The van der Waals surface area contributed by atoms with Crippen LogP contribution in [0, 0.1) is 0 Å². The molecule has 0 saturated carbocycles. The van der Waals surface area contributed by atoms with Crippen LogP contribution in [0.3, 0.4) is 0 Å². The van der Waals surface area contributed by atoms with E-state index in [1.54, 1.807) is 0 Å². The minimum atomic E-state index is 0.0123. The Morgan fingerprint density at radius 3 is 2.50 bits per heavy atom. The van der Waals surface area contributed by atoms with Crippen molar-refractivity contribution in [2.24, 2.45) is 5.73 Å². The Labute approximate surface area is 84.3 Å². The number of hydrogen-bond acceptors (Lipinski definition) is 5. The van der Waals surface area contributed by atoms with Gasteiger partial charge < -0.3 is 15.1 Å². The second kappa shape index (κ2) is 3.96. The first-order valence-electron chi connectivity index (χ1n) is 4.77. The lowest BCUT2D eigenvalue weighted by molar-refractivity contribution is 0.412. The zero-order valence-corrected chi connectivity index (χ0v) is 9.24. The van der Waals surface area contributed by atoms with Gasteiger partial charge in [-0.1, -0.05) is 12.0 Å². The van der Waals surface area contributed by atoms with Gasteiger partial charge in [-0.3, -0.25) is 0 Å². The maximum Gasteiger partial charge on any atom is 0.318 e. The Morgan fingerprint density at radius 1 is 1.43 bits per heavy atom. The van der Waals surface area contributed by atoms with Gasteiger partial charge in [-0.05, 0) is 20.3 Å². The van der Waals surface area contributed by atoms with Crippen LogP contribution >= 0.6 is 0 Å². The summed E-state index contributed by atoms with van der Waals surface area (Å²) in [5, 5.41) is 7.75. The zero-order chi connectivity index (χ0) is 10.8. The van der Waals surface area contributed by atoms with Crippen LogP contribution in [0.15, 0.2) is 4.42 Å². The van der Waals surface area contributed by atoms with E-state index in [1.165, 1.54) is 0 Å². The van der Waals surface area contributed by atoms with E-state index in [1.807, 2.05) is 11.9 Å². The number of aromatic nitrogens is 2. The van der Waals surface area contributed by atoms with E-state index in [4.69, 9.17) is 10.2 Å². The topological polar surface area (TPSA) is 68.2 Å². The molecule has 0 radical (unpaired) electrons. The summed E-state index contributed by atoms with van der Waals surface area (Å²) in [5.41, 5.74) is 5.40. The first-order chi connectivity index (χ1) is 6.51. The first-order valence-corrected chi connectivity index (χ1v) is 4.77. The molecule has 0 amide bonds. The molecule has 0 bridgehead atoms. The third-order valence-electron chi connectivity index (χ3n) is 2.69. The standard InChI is InChI=1S/C9H18N4O/c1-5-9(2,3)13(4)8-12-11-7(6-10)14-8/h5-6,10H2,1-4H3. The summed E-state index contributed by atoms with van der Waals surface area (Å²) in [7, 11) is 1.94. The third kappa shape index (κ3) is 2.04. The first kappa shape index (κ1) is 11.0. The van der Waals surface area contributed by atoms with Gasteiger partial charge in [0.1, 0.15) is 0 Å². The predicted octanol–water partition coefficient (Wildman–Crippen LogP) is 1.15. The highest BCUT2D eigenvalue weighted by Gasteiger charge is 2.25. The molecule has 0 fully saturated rings. The lowest BCUT2D eigenvalue weighted by Crippen LogP contribution is -2.40. The van der Waals surface area contributed by atoms with Crippen LogP contribution in [0.4, 0.5) is 6.01 Å². The van der Waals surface area contributed by atoms with Crippen molar-refractivity contribution in [2.45, 2.75) is 39.3 Å². The average Bonchev–Trinajstić information content (AvgIpc) is 2.64. The van der Waals surface area contributed by atoms with Gasteiger partial charge in [-0.25, -0.2) is 0 Å². The van der Waals surface area contributed by atoms with Crippen LogP contribution in [-0.4, -0.2) is 22.8 Å². The molecule has 14 heavy (non-hydrogen) atoms. The molecule has 0 aliphatic rings. The van der Waals surface area contributed by atoms with Gasteiger partial charge in [-0.2, -0.15) is 0 Å². The second-order valence-electron chi connectivity index (χ2n) is 3.91. The van der Waals surface area contributed by atoms with Gasteiger partial charge in [0.05, 0.1) is 6.54 Å². The Hall–Kier alpha value is -1.10. The van der Waals surface area contributed by atoms with Crippen LogP contribution in [0.25, 0.3) is 0 Å². The fraction of sp³-hybridized carbons (Fsp3) is 0.778. The number of nitrogens with zero attached hydrogens (tertiary/aromatic N) is 3. The van der Waals surface area contributed by atoms with Gasteiger partial charge >= 0.3 is 6.01 Å². The maximum absolute atomic E-state index is 5.39. The van der Waals surface area contributed by atoms with E-state index in [2.05, 4.69) is 31.0 Å². The monoisotopic (exact) mass is 198 g/mol. The zero-order valence-electron chi connectivity index (χ0n) is 9.24. The summed E-state index contributed by atoms with van der Waals surface area (Å²) in [6.45, 7) is 6.66. The van der Waals surface area contributed by atoms with Gasteiger partial charge in [0, 0.05) is 12.6 Å². The highest BCUT2D eigenvalue weighted by Crippen LogP contribution is 2.22. The fourth-order valence-electron chi connectivity index (χ4n) is 0.959. The van der Waals surface area contributed by atoms with Crippen LogP contribution in [0.5, 0.6) is 0 Å². The molecular formula is C9H18N4O. The van der Waals surface area contributed by atoms with Gasteiger partial charge in [0.2, 0.25) is 5.89 Å². The van der Waals surface area contributed by atoms with Crippen molar-refractivity contribution < 1.29 is 4.42 Å². The van der Waals surface area contributed by atoms with Crippen molar-refractivity contribution in [1.29, 1.82) is 0 Å². The van der Waals surface area contributed by atoms with Crippen LogP contribution in [-0.2, 0) is 6.54 Å². The quantitative estimate of drug-likeness (QED) is 0.786. The van der Waals surface area contributed by atoms with E-state index in [9.17, 15) is 0 Å². The van der Waals surface area contributed by atoms with Gasteiger partial charge in [0.15, 0.2) is 0 Å². The van der Waals surface area contributed by atoms with Crippen LogP contribution < -0.4 is 10.6 Å². The van der Waals surface area contributed by atoms with Crippen LogP contribution in [0.1, 0.15) is 33.1 Å². The Morgan fingerprint density at radius 2 is 2.07 bits per heavy atom. The third-order valence-corrected chi connectivity index (χ3v) is 2.69. The molecule has 2 N–H and O–H groups in total. The van der Waals surface area contributed by atoms with E-state index >= 15 is 0 Å². The molecule has 1 aromatic heterocycles. The molecule has 5 nitrogen and oxygen atoms in total. The van der Waals surface area contributed by atoms with E-state index in [0.29, 0.717) is 11.9 Å². The highest BCUT2D eigenvalue weighted by atomic mass is 16.4. The molecule has 0 aliphatic heterocycles. The molecule has 1 aromatic rings. The van der Waals surface area contributed by atoms with E-state index in [-0.39, 0.29) is 12.1 Å². The van der Waals surface area contributed by atoms with Crippen molar-refractivity contribution in [1.82, 2.24) is 10.2 Å². The van der Waals surface area contributed by atoms with Crippen molar-refractivity contribution >= 4 is 6.01 Å². The molecule has 0 aromatic carbocycles. The molecule has 0 atom stereocenters. The highest BCUT2D eigenvalue weighted by molar-refractivity contribution is 5.27. The van der Waals surface area contributed by atoms with Crippen molar-refractivity contribution in [3.8, 4) is 0 Å². The molecular weight excluding hydrogens is 180 g/mol. The molecule has 0 spiro atoms. The molecule has 0 aliphatic carbocycles. The van der Waals surface area contributed by atoms with Crippen molar-refractivity contribution in [3.05, 3.63) is 5.89 Å². The van der Waals surface area contributed by atoms with Gasteiger partial charge in [0.25, 0.3) is 0 Å². The Bertz CT molecular complexity index is 295. The summed E-state index contributed by atoms with van der Waals surface area (Å²) in [5.74, 6) is 0.471. The van der Waals surface area contributed by atoms with E-state index < -0.39 is 0 Å². The lowest BCUT2D eigenvalue weighted by atomic mass is 10.0. The van der Waals surface area contributed by atoms with Crippen LogP contribution in [0.2, 0.25) is 0 Å². The number of nitrogens with two attached hydrogens (primary N) is 1. The number of anilines is 1. The molecule has 80 valence electrons. The summed E-state index contributed by atoms with van der Waals surface area (Å²) in [6, 6.07) is 0.525. The Balaban J connectivity index is 2.83. The number of rotatable bonds is 4. The summed E-state index contributed by atoms with van der Waals surface area (Å²) in [4.78, 5) is 1.97. The molecule has 0 unspecified atom stereocenters. The van der Waals surface area contributed by atoms with Crippen molar-refractivity contribution in [2.75, 3.05) is 11.9 Å². The second-order valence-corrected chi connectivity index (χ2v) is 3.91. The number of hydrogen-bond donors (Lipinski definition) is 1. The summed E-state index contributed by atoms with van der Waals surface area (Å²) in [6.07, 6.45) is 1.00. The molecule has 5 heteroatoms. The molecule has 1 rings (SSSR count). The lowest BCUT2D eigenvalue weighted by Gasteiger charge is -2.32. The van der Waals surface area contributed by atoms with E-state index in [0.717, 1.165) is 6.42 Å². The molecule has 0 saturated heterocycles. The maximum atomic E-state index is 5.39. The molecule has 1 heterocycles. The average molecular weight is 198 g/mol. The SMILES string of the molecule is CCC(C)(C)N(C)c1nnc(CN)o1. The predicted molar refractivity (Wildman–Crippen MR) is 55.0 cm³/mol. The minimum Gasteiger partial charge on any atom is -0.407 e.